The summed E-state index contributed by atoms with van der Waals surface area (Å²) in [7, 11) is 0. The molecule has 0 aromatic carbocycles. The predicted molar refractivity (Wildman–Crippen MR) is 44.4 cm³/mol. The van der Waals surface area contributed by atoms with Crippen LogP contribution in [0.15, 0.2) is 0 Å². The summed E-state index contributed by atoms with van der Waals surface area (Å²) in [5.74, 6) is 0.549. The second-order valence-corrected chi connectivity index (χ2v) is 5.19. The first-order valence-electron chi connectivity index (χ1n) is 4.88. The molecule has 0 atom stereocenters. The minimum absolute atomic E-state index is 0. The van der Waals surface area contributed by atoms with Crippen molar-refractivity contribution in [1.82, 2.24) is 5.32 Å². The molecule has 6 heteroatoms. The van der Waals surface area contributed by atoms with Gasteiger partial charge in [0.1, 0.15) is 0 Å². The number of hydrogen-bond acceptors (Lipinski definition) is 1. The zero-order chi connectivity index (χ0) is 9.32. The minimum atomic E-state index is -4.57. The molecule has 0 aromatic heterocycles. The third kappa shape index (κ3) is 1.27. The Labute approximate surface area is 124 Å². The van der Waals surface area contributed by atoms with E-state index in [1.165, 1.54) is 0 Å². The summed E-state index contributed by atoms with van der Waals surface area (Å²) < 4.78 is 37.6. The van der Waals surface area contributed by atoms with E-state index in [1.807, 2.05) is 0 Å². The molecule has 0 amide bonds. The molecule has 1 heterocycles. The summed E-state index contributed by atoms with van der Waals surface area (Å²) in [6, 6.07) is 0. The van der Waals surface area contributed by atoms with E-state index in [4.69, 9.17) is 0 Å². The van der Waals surface area contributed by atoms with Gasteiger partial charge in [-0.25, -0.2) is 0 Å². The van der Waals surface area contributed by atoms with Crippen LogP contribution >= 0.6 is 0 Å². The van der Waals surface area contributed by atoms with Gasteiger partial charge in [0.25, 0.3) is 0 Å². The van der Waals surface area contributed by atoms with Gasteiger partial charge in [-0.05, 0) is 24.4 Å². The standard InChI is InChI=1S/C8H12BF3N.K/c10-9(11,12)8-3-7(4-8,5-8)6-1-13-2-6;/h6,13H,1-5H2;/q-1;+1. The maximum atomic E-state index is 12.5. The van der Waals surface area contributed by atoms with E-state index in [1.54, 1.807) is 0 Å². The van der Waals surface area contributed by atoms with E-state index in [9.17, 15) is 12.9 Å². The summed E-state index contributed by atoms with van der Waals surface area (Å²) in [6.07, 6.45) is 1.32. The molecule has 0 unspecified atom stereocenters. The summed E-state index contributed by atoms with van der Waals surface area (Å²) in [6.45, 7) is -2.68. The Balaban J connectivity index is 0.000000750. The SMILES string of the molecule is F[B-](F)(F)C12CC(C3CNC3)(C1)C2.[K+]. The van der Waals surface area contributed by atoms with Crippen LogP contribution in [0.3, 0.4) is 0 Å². The molecular formula is C8H12BF3KN. The fourth-order valence-corrected chi connectivity index (χ4v) is 3.45. The van der Waals surface area contributed by atoms with Crippen molar-refractivity contribution in [2.24, 2.45) is 11.3 Å². The van der Waals surface area contributed by atoms with Crippen molar-refractivity contribution in [2.45, 2.75) is 24.6 Å². The first-order valence-corrected chi connectivity index (χ1v) is 4.88. The van der Waals surface area contributed by atoms with Gasteiger partial charge in [-0.3, -0.25) is 0 Å². The first kappa shape index (κ1) is 11.9. The predicted octanol–water partition coefficient (Wildman–Crippen LogP) is -1.02. The van der Waals surface area contributed by atoms with Crippen molar-refractivity contribution in [3.63, 3.8) is 0 Å². The van der Waals surface area contributed by atoms with E-state index >= 15 is 0 Å². The molecule has 0 aromatic rings. The van der Waals surface area contributed by atoms with Gasteiger partial charge in [-0.2, -0.15) is 0 Å². The Morgan fingerprint density at radius 2 is 1.57 bits per heavy atom. The topological polar surface area (TPSA) is 12.0 Å². The second kappa shape index (κ2) is 3.23. The Morgan fingerprint density at radius 1 is 1.07 bits per heavy atom. The summed E-state index contributed by atoms with van der Waals surface area (Å²) in [4.78, 5) is 0. The Kier molecular flexibility index (Phi) is 2.75. The molecule has 4 fully saturated rings. The molecule has 0 spiro atoms. The van der Waals surface area contributed by atoms with Gasteiger partial charge in [0.2, 0.25) is 0 Å². The van der Waals surface area contributed by atoms with Crippen LogP contribution in [0.4, 0.5) is 12.9 Å². The number of nitrogens with one attached hydrogen (secondary N) is 1. The zero-order valence-electron chi connectivity index (χ0n) is 8.32. The molecule has 74 valence electrons. The van der Waals surface area contributed by atoms with Crippen LogP contribution < -0.4 is 56.7 Å². The van der Waals surface area contributed by atoms with E-state index in [-0.39, 0.29) is 56.8 Å². The summed E-state index contributed by atoms with van der Waals surface area (Å²) in [5.41, 5.74) is 0.114. The van der Waals surface area contributed by atoms with Gasteiger partial charge in [0, 0.05) is 0 Å². The van der Waals surface area contributed by atoms with Crippen molar-refractivity contribution >= 4 is 6.98 Å². The van der Waals surface area contributed by atoms with Gasteiger partial charge in [0.15, 0.2) is 0 Å². The van der Waals surface area contributed by atoms with Crippen molar-refractivity contribution in [3.8, 4) is 0 Å². The Hall–Kier alpha value is 1.45. The molecule has 3 aliphatic carbocycles. The van der Waals surface area contributed by atoms with Gasteiger partial charge in [-0.1, -0.05) is 24.6 Å². The smallest absolute Gasteiger partial charge is 0.449 e. The van der Waals surface area contributed by atoms with Crippen LogP contribution in [0.1, 0.15) is 19.3 Å². The number of hydrogen-bond donors (Lipinski definition) is 1. The van der Waals surface area contributed by atoms with Crippen LogP contribution in [-0.4, -0.2) is 20.1 Å². The van der Waals surface area contributed by atoms with Crippen molar-refractivity contribution in [1.29, 1.82) is 0 Å². The number of rotatable bonds is 2. The van der Waals surface area contributed by atoms with Crippen LogP contribution in [0.5, 0.6) is 0 Å². The van der Waals surface area contributed by atoms with E-state index in [0.29, 0.717) is 25.2 Å². The van der Waals surface area contributed by atoms with Gasteiger partial charge in [0.05, 0.1) is 0 Å². The first-order chi connectivity index (χ1) is 5.98. The fourth-order valence-electron chi connectivity index (χ4n) is 3.45. The molecule has 4 rings (SSSR count). The molecule has 14 heavy (non-hydrogen) atoms. The molecule has 1 saturated heterocycles. The summed E-state index contributed by atoms with van der Waals surface area (Å²) in [5, 5.41) is 1.95. The van der Waals surface area contributed by atoms with Gasteiger partial charge in [-0.15, -0.1) is 0 Å². The Bertz CT molecular complexity index is 244. The molecule has 1 aliphatic heterocycles. The van der Waals surface area contributed by atoms with Crippen LogP contribution in [0, 0.1) is 11.3 Å². The molecule has 0 radical (unpaired) electrons. The van der Waals surface area contributed by atoms with Crippen LogP contribution in [0.25, 0.3) is 0 Å². The summed E-state index contributed by atoms with van der Waals surface area (Å²) >= 11 is 0. The average Bonchev–Trinajstić information content (AvgIpc) is 1.64. The maximum absolute atomic E-state index is 12.5. The molecule has 3 saturated carbocycles. The van der Waals surface area contributed by atoms with E-state index < -0.39 is 12.3 Å². The molecule has 1 nitrogen and oxygen atoms in total. The second-order valence-electron chi connectivity index (χ2n) is 5.19. The van der Waals surface area contributed by atoms with Crippen molar-refractivity contribution in [3.05, 3.63) is 0 Å². The third-order valence-corrected chi connectivity index (χ3v) is 4.45. The van der Waals surface area contributed by atoms with Gasteiger partial charge < -0.3 is 18.3 Å². The van der Waals surface area contributed by atoms with E-state index in [2.05, 4.69) is 5.32 Å². The van der Waals surface area contributed by atoms with Crippen LogP contribution in [0.2, 0.25) is 5.31 Å². The average molecular weight is 229 g/mol. The molecule has 1 N–H and O–H groups in total. The largest absolute Gasteiger partial charge is 1.00 e. The van der Waals surface area contributed by atoms with E-state index in [0.717, 1.165) is 13.1 Å². The van der Waals surface area contributed by atoms with Gasteiger partial charge >= 0.3 is 58.4 Å². The minimum Gasteiger partial charge on any atom is -0.449 e. The number of halogens is 3. The fraction of sp³-hybridized carbons (Fsp3) is 1.00. The molecular weight excluding hydrogens is 217 g/mol. The molecule has 2 bridgehead atoms. The van der Waals surface area contributed by atoms with Crippen LogP contribution in [-0.2, 0) is 0 Å². The maximum Gasteiger partial charge on any atom is 1.00 e. The van der Waals surface area contributed by atoms with Crippen molar-refractivity contribution < 1.29 is 64.3 Å². The Morgan fingerprint density at radius 3 is 1.86 bits per heavy atom. The monoisotopic (exact) mass is 229 g/mol. The normalized spacial score (nSPS) is 45.6. The molecule has 4 aliphatic rings. The quantitative estimate of drug-likeness (QED) is 0.598. The van der Waals surface area contributed by atoms with Crippen molar-refractivity contribution in [2.75, 3.05) is 13.1 Å². The third-order valence-electron chi connectivity index (χ3n) is 4.45. The zero-order valence-corrected chi connectivity index (χ0v) is 11.4.